The highest BCUT2D eigenvalue weighted by Crippen LogP contribution is 2.25. The first-order chi connectivity index (χ1) is 10.9. The van der Waals surface area contributed by atoms with E-state index in [1.807, 2.05) is 0 Å². The van der Waals surface area contributed by atoms with Gasteiger partial charge in [0.2, 0.25) is 15.9 Å². The summed E-state index contributed by atoms with van der Waals surface area (Å²) in [6.07, 6.45) is 5.34. The number of amides is 1. The topological polar surface area (TPSA) is 105 Å². The van der Waals surface area contributed by atoms with Crippen LogP contribution >= 0.6 is 11.6 Å². The number of nitrogens with zero attached hydrogens (tertiary/aromatic N) is 2. The molecule has 0 radical (unpaired) electrons. The highest BCUT2D eigenvalue weighted by molar-refractivity contribution is 7.89. The number of halogens is 1. The molecule has 0 saturated carbocycles. The fraction of sp³-hybridized carbons (Fsp3) is 0.571. The molecule has 128 valence electrons. The molecule has 1 fully saturated rings. The van der Waals surface area contributed by atoms with Crippen molar-refractivity contribution in [3.63, 3.8) is 0 Å². The third kappa shape index (κ3) is 4.63. The summed E-state index contributed by atoms with van der Waals surface area (Å²) in [6, 6.07) is 1.12. The lowest BCUT2D eigenvalue weighted by Crippen LogP contribution is -2.49. The van der Waals surface area contributed by atoms with Crippen molar-refractivity contribution in [3.8, 4) is 0 Å². The standard InChI is InChI=1S/C14H21ClN4O3S/c15-11-7-13(10-17-8-11)23(21,22)19-6-2-1-3-12(19)9-18-14(20)4-5-16/h7-8,10,12H,1-6,9,16H2,(H,18,20). The van der Waals surface area contributed by atoms with E-state index >= 15 is 0 Å². The van der Waals surface area contributed by atoms with Crippen molar-refractivity contribution in [1.29, 1.82) is 0 Å². The molecular formula is C14H21ClN4O3S. The highest BCUT2D eigenvalue weighted by Gasteiger charge is 2.33. The summed E-state index contributed by atoms with van der Waals surface area (Å²) in [5, 5.41) is 3.03. The summed E-state index contributed by atoms with van der Waals surface area (Å²) in [7, 11) is -3.68. The van der Waals surface area contributed by atoms with E-state index < -0.39 is 10.0 Å². The molecule has 1 atom stereocenters. The molecule has 1 aromatic rings. The number of nitrogens with two attached hydrogens (primary N) is 1. The smallest absolute Gasteiger partial charge is 0.244 e. The maximum absolute atomic E-state index is 12.8. The quantitative estimate of drug-likeness (QED) is 0.778. The summed E-state index contributed by atoms with van der Waals surface area (Å²) in [5.41, 5.74) is 5.34. The van der Waals surface area contributed by atoms with Gasteiger partial charge in [0.1, 0.15) is 4.90 Å². The molecule has 0 spiro atoms. The van der Waals surface area contributed by atoms with Crippen molar-refractivity contribution in [2.24, 2.45) is 5.73 Å². The highest BCUT2D eigenvalue weighted by atomic mass is 35.5. The monoisotopic (exact) mass is 360 g/mol. The van der Waals surface area contributed by atoms with E-state index in [4.69, 9.17) is 17.3 Å². The van der Waals surface area contributed by atoms with Gasteiger partial charge in [0, 0.05) is 44.5 Å². The minimum Gasteiger partial charge on any atom is -0.354 e. The van der Waals surface area contributed by atoms with E-state index in [9.17, 15) is 13.2 Å². The minimum atomic E-state index is -3.68. The SMILES string of the molecule is NCCC(=O)NCC1CCCCN1S(=O)(=O)c1cncc(Cl)c1. The van der Waals surface area contributed by atoms with Gasteiger partial charge in [-0.15, -0.1) is 0 Å². The lowest BCUT2D eigenvalue weighted by atomic mass is 10.1. The van der Waals surface area contributed by atoms with Crippen LogP contribution in [0.3, 0.4) is 0 Å². The van der Waals surface area contributed by atoms with Crippen LogP contribution in [0.4, 0.5) is 0 Å². The predicted octanol–water partition coefficient (Wildman–Crippen LogP) is 0.743. The maximum atomic E-state index is 12.8. The number of hydrogen-bond acceptors (Lipinski definition) is 5. The van der Waals surface area contributed by atoms with E-state index in [2.05, 4.69) is 10.3 Å². The summed E-state index contributed by atoms with van der Waals surface area (Å²) >= 11 is 5.85. The second kappa shape index (κ2) is 8.05. The summed E-state index contributed by atoms with van der Waals surface area (Å²) in [6.45, 7) is 0.977. The Labute approximate surface area is 141 Å². The van der Waals surface area contributed by atoms with Crippen LogP contribution in [0.25, 0.3) is 0 Å². The van der Waals surface area contributed by atoms with Gasteiger partial charge < -0.3 is 11.1 Å². The first-order valence-electron chi connectivity index (χ1n) is 7.54. The first-order valence-corrected chi connectivity index (χ1v) is 9.36. The average molecular weight is 361 g/mol. The molecule has 0 bridgehead atoms. The molecule has 7 nitrogen and oxygen atoms in total. The van der Waals surface area contributed by atoms with Crippen LogP contribution < -0.4 is 11.1 Å². The molecule has 1 aliphatic heterocycles. The average Bonchev–Trinajstić information content (AvgIpc) is 2.53. The van der Waals surface area contributed by atoms with Gasteiger partial charge in [-0.3, -0.25) is 9.78 Å². The fourth-order valence-electron chi connectivity index (χ4n) is 2.61. The zero-order chi connectivity index (χ0) is 16.9. The summed E-state index contributed by atoms with van der Waals surface area (Å²) in [4.78, 5) is 15.5. The molecular weight excluding hydrogens is 340 g/mol. The van der Waals surface area contributed by atoms with Gasteiger partial charge in [0.25, 0.3) is 0 Å². The summed E-state index contributed by atoms with van der Waals surface area (Å²) in [5.74, 6) is -0.167. The second-order valence-corrected chi connectivity index (χ2v) is 7.77. The third-order valence-electron chi connectivity index (χ3n) is 3.77. The predicted molar refractivity (Wildman–Crippen MR) is 87.5 cm³/mol. The Balaban J connectivity index is 2.15. The molecule has 1 amide bonds. The molecule has 1 unspecified atom stereocenters. The van der Waals surface area contributed by atoms with Crippen LogP contribution in [0.5, 0.6) is 0 Å². The van der Waals surface area contributed by atoms with Crippen molar-refractivity contribution < 1.29 is 13.2 Å². The van der Waals surface area contributed by atoms with Crippen LogP contribution in [0.1, 0.15) is 25.7 Å². The number of nitrogens with one attached hydrogen (secondary N) is 1. The number of pyridine rings is 1. The number of sulfonamides is 1. The lowest BCUT2D eigenvalue weighted by Gasteiger charge is -2.34. The zero-order valence-electron chi connectivity index (χ0n) is 12.7. The van der Waals surface area contributed by atoms with Crippen LogP contribution in [-0.4, -0.2) is 49.3 Å². The number of rotatable bonds is 6. The molecule has 2 rings (SSSR count). The minimum absolute atomic E-state index is 0.0742. The van der Waals surface area contributed by atoms with Gasteiger partial charge in [-0.05, 0) is 18.9 Å². The lowest BCUT2D eigenvalue weighted by molar-refractivity contribution is -0.121. The van der Waals surface area contributed by atoms with Crippen LogP contribution in [-0.2, 0) is 14.8 Å². The molecule has 2 heterocycles. The Kier molecular flexibility index (Phi) is 6.34. The van der Waals surface area contributed by atoms with Crippen molar-refractivity contribution in [3.05, 3.63) is 23.5 Å². The van der Waals surface area contributed by atoms with E-state index in [0.717, 1.165) is 12.8 Å². The van der Waals surface area contributed by atoms with Gasteiger partial charge in [0.05, 0.1) is 5.02 Å². The van der Waals surface area contributed by atoms with Crippen molar-refractivity contribution in [2.45, 2.75) is 36.6 Å². The molecule has 1 aliphatic rings. The van der Waals surface area contributed by atoms with Crippen molar-refractivity contribution >= 4 is 27.5 Å². The van der Waals surface area contributed by atoms with Gasteiger partial charge in [-0.2, -0.15) is 4.31 Å². The van der Waals surface area contributed by atoms with Crippen LogP contribution in [0.2, 0.25) is 5.02 Å². The Morgan fingerprint density at radius 1 is 1.43 bits per heavy atom. The van der Waals surface area contributed by atoms with Crippen LogP contribution in [0.15, 0.2) is 23.4 Å². The number of aromatic nitrogens is 1. The van der Waals surface area contributed by atoms with E-state index in [1.54, 1.807) is 0 Å². The Morgan fingerprint density at radius 2 is 2.22 bits per heavy atom. The zero-order valence-corrected chi connectivity index (χ0v) is 14.3. The van der Waals surface area contributed by atoms with Gasteiger partial charge in [-0.1, -0.05) is 18.0 Å². The van der Waals surface area contributed by atoms with Crippen molar-refractivity contribution in [1.82, 2.24) is 14.6 Å². The molecule has 0 aromatic carbocycles. The van der Waals surface area contributed by atoms with E-state index in [0.29, 0.717) is 13.0 Å². The fourth-order valence-corrected chi connectivity index (χ4v) is 4.54. The largest absolute Gasteiger partial charge is 0.354 e. The van der Waals surface area contributed by atoms with Gasteiger partial charge >= 0.3 is 0 Å². The Morgan fingerprint density at radius 3 is 2.91 bits per heavy atom. The Hall–Kier alpha value is -1.22. The number of piperidine rings is 1. The molecule has 9 heteroatoms. The third-order valence-corrected chi connectivity index (χ3v) is 5.89. The number of hydrogen-bond donors (Lipinski definition) is 2. The van der Waals surface area contributed by atoms with E-state index in [-0.39, 0.29) is 41.4 Å². The number of carbonyl (C=O) groups excluding carboxylic acids is 1. The molecule has 3 N–H and O–H groups in total. The van der Waals surface area contributed by atoms with Crippen molar-refractivity contribution in [2.75, 3.05) is 19.6 Å². The van der Waals surface area contributed by atoms with E-state index in [1.165, 1.54) is 22.8 Å². The maximum Gasteiger partial charge on any atom is 0.244 e. The second-order valence-electron chi connectivity index (χ2n) is 5.45. The van der Waals surface area contributed by atoms with Gasteiger partial charge in [-0.25, -0.2) is 8.42 Å². The van der Waals surface area contributed by atoms with Crippen LogP contribution in [0, 0.1) is 0 Å². The molecule has 23 heavy (non-hydrogen) atoms. The Bertz CT molecular complexity index is 653. The molecule has 1 saturated heterocycles. The molecule has 1 aromatic heterocycles. The molecule has 0 aliphatic carbocycles. The number of carbonyl (C=O) groups is 1. The first kappa shape index (κ1) is 18.1. The van der Waals surface area contributed by atoms with Gasteiger partial charge in [0.15, 0.2) is 0 Å². The normalized spacial score (nSPS) is 19.5. The summed E-state index contributed by atoms with van der Waals surface area (Å²) < 4.78 is 27.1.